The SMILES string of the molecule is Cc1cc(C)c(NC(=O)[C@H](C)Oc2ccc3c(C)cc(=O)oc3c2)c(C)c1. The van der Waals surface area contributed by atoms with Gasteiger partial charge in [-0.2, -0.15) is 0 Å². The first-order chi connectivity index (χ1) is 12.7. The molecular weight excluding hydrogens is 342 g/mol. The first-order valence-electron chi connectivity index (χ1n) is 8.84. The van der Waals surface area contributed by atoms with Gasteiger partial charge in [-0.05, 0) is 63.4 Å². The number of fused-ring (bicyclic) bond motifs is 1. The fourth-order valence-corrected chi connectivity index (χ4v) is 3.24. The number of aryl methyl sites for hydroxylation is 4. The van der Waals surface area contributed by atoms with Gasteiger partial charge in [-0.15, -0.1) is 0 Å². The van der Waals surface area contributed by atoms with Gasteiger partial charge in [0.2, 0.25) is 0 Å². The van der Waals surface area contributed by atoms with Gasteiger partial charge < -0.3 is 14.5 Å². The summed E-state index contributed by atoms with van der Waals surface area (Å²) in [7, 11) is 0. The molecule has 1 amide bonds. The summed E-state index contributed by atoms with van der Waals surface area (Å²) in [6.45, 7) is 9.49. The van der Waals surface area contributed by atoms with Gasteiger partial charge in [0.25, 0.3) is 5.91 Å². The lowest BCUT2D eigenvalue weighted by molar-refractivity contribution is -0.122. The van der Waals surface area contributed by atoms with E-state index in [1.54, 1.807) is 19.1 Å². The Balaban J connectivity index is 1.79. The Hall–Kier alpha value is -3.08. The molecule has 140 valence electrons. The van der Waals surface area contributed by atoms with E-state index in [0.717, 1.165) is 33.3 Å². The normalized spacial score (nSPS) is 12.0. The maximum Gasteiger partial charge on any atom is 0.336 e. The Morgan fingerprint density at radius 3 is 2.33 bits per heavy atom. The molecule has 0 unspecified atom stereocenters. The quantitative estimate of drug-likeness (QED) is 0.694. The molecule has 3 aromatic rings. The van der Waals surface area contributed by atoms with Gasteiger partial charge in [-0.25, -0.2) is 4.79 Å². The number of nitrogens with one attached hydrogen (secondary N) is 1. The minimum atomic E-state index is -0.709. The van der Waals surface area contributed by atoms with E-state index in [1.165, 1.54) is 6.07 Å². The molecule has 0 aliphatic carbocycles. The molecule has 0 saturated heterocycles. The van der Waals surface area contributed by atoms with Crippen LogP contribution in [0.1, 0.15) is 29.2 Å². The van der Waals surface area contributed by atoms with E-state index in [0.29, 0.717) is 11.3 Å². The number of anilines is 1. The molecule has 27 heavy (non-hydrogen) atoms. The number of benzene rings is 2. The summed E-state index contributed by atoms with van der Waals surface area (Å²) in [4.78, 5) is 24.1. The first kappa shape index (κ1) is 18.7. The highest BCUT2D eigenvalue weighted by atomic mass is 16.5. The number of amides is 1. The van der Waals surface area contributed by atoms with Crippen LogP contribution in [0.3, 0.4) is 0 Å². The van der Waals surface area contributed by atoms with Crippen LogP contribution in [0.25, 0.3) is 11.0 Å². The van der Waals surface area contributed by atoms with Gasteiger partial charge in [-0.1, -0.05) is 17.7 Å². The smallest absolute Gasteiger partial charge is 0.336 e. The van der Waals surface area contributed by atoms with Gasteiger partial charge in [0.1, 0.15) is 11.3 Å². The van der Waals surface area contributed by atoms with Crippen LogP contribution in [-0.4, -0.2) is 12.0 Å². The highest BCUT2D eigenvalue weighted by Crippen LogP contribution is 2.24. The van der Waals surface area contributed by atoms with Crippen molar-refractivity contribution in [1.82, 2.24) is 0 Å². The Morgan fingerprint density at radius 1 is 1.00 bits per heavy atom. The zero-order valence-electron chi connectivity index (χ0n) is 16.2. The predicted octanol–water partition coefficient (Wildman–Crippen LogP) is 4.43. The Labute approximate surface area is 158 Å². The number of hydrogen-bond acceptors (Lipinski definition) is 4. The average Bonchev–Trinajstić information content (AvgIpc) is 2.57. The zero-order valence-corrected chi connectivity index (χ0v) is 16.2. The maximum atomic E-state index is 12.6. The molecule has 1 N–H and O–H groups in total. The molecule has 0 radical (unpaired) electrons. The number of carbonyl (C=O) groups excluding carboxylic acids is 1. The highest BCUT2D eigenvalue weighted by Gasteiger charge is 2.17. The summed E-state index contributed by atoms with van der Waals surface area (Å²) < 4.78 is 11.0. The standard InChI is InChI=1S/C22H23NO4/c1-12-8-14(3)21(15(4)9-12)23-22(25)16(5)26-17-6-7-18-13(2)10-20(24)27-19(18)11-17/h6-11,16H,1-5H3,(H,23,25)/t16-/m0/s1. The topological polar surface area (TPSA) is 68.5 Å². The van der Waals surface area contributed by atoms with Crippen molar-refractivity contribution in [3.8, 4) is 5.75 Å². The monoisotopic (exact) mass is 365 g/mol. The van der Waals surface area contributed by atoms with Gasteiger partial charge in [0.05, 0.1) is 0 Å². The minimum absolute atomic E-state index is 0.240. The van der Waals surface area contributed by atoms with Crippen molar-refractivity contribution in [2.45, 2.75) is 40.7 Å². The van der Waals surface area contributed by atoms with Crippen molar-refractivity contribution in [3.05, 3.63) is 69.1 Å². The summed E-state index contributed by atoms with van der Waals surface area (Å²) in [6, 6.07) is 10.7. The third kappa shape index (κ3) is 4.03. The zero-order chi connectivity index (χ0) is 19.7. The van der Waals surface area contributed by atoms with Crippen LogP contribution in [0, 0.1) is 27.7 Å². The van der Waals surface area contributed by atoms with Crippen molar-refractivity contribution in [3.63, 3.8) is 0 Å². The molecule has 5 heteroatoms. The van der Waals surface area contributed by atoms with Crippen LogP contribution < -0.4 is 15.7 Å². The largest absolute Gasteiger partial charge is 0.481 e. The van der Waals surface area contributed by atoms with E-state index in [9.17, 15) is 9.59 Å². The van der Waals surface area contributed by atoms with Gasteiger partial charge in [-0.3, -0.25) is 4.79 Å². The van der Waals surface area contributed by atoms with Crippen molar-refractivity contribution >= 4 is 22.6 Å². The fourth-order valence-electron chi connectivity index (χ4n) is 3.24. The summed E-state index contributed by atoms with van der Waals surface area (Å²) in [5.41, 5.74) is 4.85. The van der Waals surface area contributed by atoms with Crippen LogP contribution in [0.5, 0.6) is 5.75 Å². The maximum absolute atomic E-state index is 12.6. The Morgan fingerprint density at radius 2 is 1.67 bits per heavy atom. The predicted molar refractivity (Wildman–Crippen MR) is 107 cm³/mol. The third-order valence-electron chi connectivity index (χ3n) is 4.53. The lowest BCUT2D eigenvalue weighted by Gasteiger charge is -2.18. The van der Waals surface area contributed by atoms with Crippen molar-refractivity contribution in [2.24, 2.45) is 0 Å². The minimum Gasteiger partial charge on any atom is -0.481 e. The molecule has 0 aliphatic heterocycles. The van der Waals surface area contributed by atoms with Crippen LogP contribution in [0.2, 0.25) is 0 Å². The first-order valence-corrected chi connectivity index (χ1v) is 8.84. The molecule has 5 nitrogen and oxygen atoms in total. The number of rotatable bonds is 4. The molecule has 2 aromatic carbocycles. The van der Waals surface area contributed by atoms with Gasteiger partial charge >= 0.3 is 5.63 Å². The van der Waals surface area contributed by atoms with Crippen LogP contribution >= 0.6 is 0 Å². The molecule has 0 saturated carbocycles. The van der Waals surface area contributed by atoms with Gasteiger partial charge in [0, 0.05) is 23.2 Å². The second-order valence-corrected chi connectivity index (χ2v) is 6.93. The van der Waals surface area contributed by atoms with Crippen LogP contribution in [-0.2, 0) is 4.79 Å². The lowest BCUT2D eigenvalue weighted by Crippen LogP contribution is -2.30. The Kier molecular flexibility index (Phi) is 5.04. The summed E-state index contributed by atoms with van der Waals surface area (Å²) in [5.74, 6) is 0.229. The summed E-state index contributed by atoms with van der Waals surface area (Å²) in [6.07, 6.45) is -0.709. The molecule has 0 fully saturated rings. The molecule has 1 atom stereocenters. The van der Waals surface area contributed by atoms with E-state index in [-0.39, 0.29) is 5.91 Å². The van der Waals surface area contributed by atoms with Gasteiger partial charge in [0.15, 0.2) is 6.10 Å². The molecule has 0 spiro atoms. The fraction of sp³-hybridized carbons (Fsp3) is 0.273. The molecule has 0 bridgehead atoms. The van der Waals surface area contributed by atoms with Crippen molar-refractivity contribution in [1.29, 1.82) is 0 Å². The Bertz CT molecular complexity index is 1060. The van der Waals surface area contributed by atoms with Crippen molar-refractivity contribution in [2.75, 3.05) is 5.32 Å². The van der Waals surface area contributed by atoms with E-state index < -0.39 is 11.7 Å². The van der Waals surface area contributed by atoms with E-state index in [2.05, 4.69) is 5.32 Å². The number of hydrogen-bond donors (Lipinski definition) is 1. The van der Waals surface area contributed by atoms with E-state index >= 15 is 0 Å². The molecular formula is C22H23NO4. The summed E-state index contributed by atoms with van der Waals surface area (Å²) >= 11 is 0. The van der Waals surface area contributed by atoms with E-state index in [1.807, 2.05) is 45.9 Å². The summed E-state index contributed by atoms with van der Waals surface area (Å²) in [5, 5.41) is 3.78. The second kappa shape index (κ2) is 7.27. The molecule has 1 heterocycles. The number of carbonyl (C=O) groups is 1. The molecule has 1 aromatic heterocycles. The molecule has 0 aliphatic rings. The second-order valence-electron chi connectivity index (χ2n) is 6.93. The van der Waals surface area contributed by atoms with Crippen LogP contribution in [0.15, 0.2) is 45.6 Å². The molecule has 3 rings (SSSR count). The van der Waals surface area contributed by atoms with Crippen LogP contribution in [0.4, 0.5) is 5.69 Å². The number of ether oxygens (including phenoxy) is 1. The third-order valence-corrected chi connectivity index (χ3v) is 4.53. The van der Waals surface area contributed by atoms with E-state index in [4.69, 9.17) is 9.15 Å². The highest BCUT2D eigenvalue weighted by molar-refractivity contribution is 5.95. The van der Waals surface area contributed by atoms with Crippen molar-refractivity contribution < 1.29 is 13.9 Å². The average molecular weight is 365 g/mol. The lowest BCUT2D eigenvalue weighted by atomic mass is 10.0.